The van der Waals surface area contributed by atoms with E-state index in [1.165, 1.54) is 0 Å². The Hall–Kier alpha value is -2.80. The van der Waals surface area contributed by atoms with Gasteiger partial charge in [-0.25, -0.2) is 4.98 Å². The SMILES string of the molecule is Cc1ccc(C(=O)N2CCOC[C@@H](Cc3cn4ccnc4cn3)C2)cn1. The molecule has 0 aromatic carbocycles. The third-order valence-electron chi connectivity index (χ3n) is 4.61. The molecule has 1 aliphatic heterocycles. The lowest BCUT2D eigenvalue weighted by atomic mass is 10.0. The zero-order valence-corrected chi connectivity index (χ0v) is 14.7. The number of hydrogen-bond acceptors (Lipinski definition) is 5. The van der Waals surface area contributed by atoms with Crippen molar-refractivity contribution in [3.8, 4) is 0 Å². The Morgan fingerprint density at radius 3 is 3.04 bits per heavy atom. The fourth-order valence-corrected chi connectivity index (χ4v) is 3.23. The van der Waals surface area contributed by atoms with Gasteiger partial charge in [-0.1, -0.05) is 0 Å². The topological polar surface area (TPSA) is 72.6 Å². The van der Waals surface area contributed by atoms with Crippen LogP contribution in [0.1, 0.15) is 21.7 Å². The van der Waals surface area contributed by atoms with Crippen LogP contribution in [0.2, 0.25) is 0 Å². The van der Waals surface area contributed by atoms with Gasteiger partial charge in [-0.3, -0.25) is 14.8 Å². The first-order valence-electron chi connectivity index (χ1n) is 8.76. The number of aromatic nitrogens is 4. The van der Waals surface area contributed by atoms with Crippen molar-refractivity contribution < 1.29 is 9.53 Å². The second kappa shape index (κ2) is 7.21. The van der Waals surface area contributed by atoms with E-state index in [2.05, 4.69) is 15.0 Å². The third kappa shape index (κ3) is 3.57. The summed E-state index contributed by atoms with van der Waals surface area (Å²) in [5, 5.41) is 0. The summed E-state index contributed by atoms with van der Waals surface area (Å²) in [6, 6.07) is 3.70. The minimum absolute atomic E-state index is 0.00557. The first-order chi connectivity index (χ1) is 12.7. The van der Waals surface area contributed by atoms with Gasteiger partial charge in [0.15, 0.2) is 5.65 Å². The van der Waals surface area contributed by atoms with Gasteiger partial charge in [0.25, 0.3) is 5.91 Å². The summed E-state index contributed by atoms with van der Waals surface area (Å²) in [5.41, 5.74) is 3.32. The molecule has 1 saturated heterocycles. The molecular weight excluding hydrogens is 330 g/mol. The second-order valence-corrected chi connectivity index (χ2v) is 6.66. The van der Waals surface area contributed by atoms with Gasteiger partial charge in [-0.05, 0) is 25.5 Å². The van der Waals surface area contributed by atoms with Crippen molar-refractivity contribution in [2.75, 3.05) is 26.3 Å². The molecular formula is C19H21N5O2. The van der Waals surface area contributed by atoms with Crippen LogP contribution in [0.25, 0.3) is 5.65 Å². The van der Waals surface area contributed by atoms with Crippen LogP contribution in [0.5, 0.6) is 0 Å². The number of aryl methyl sites for hydroxylation is 1. The summed E-state index contributed by atoms with van der Waals surface area (Å²) < 4.78 is 7.69. The van der Waals surface area contributed by atoms with Gasteiger partial charge in [0.2, 0.25) is 0 Å². The molecule has 4 heterocycles. The van der Waals surface area contributed by atoms with E-state index in [-0.39, 0.29) is 11.8 Å². The number of ether oxygens (including phenoxy) is 1. The largest absolute Gasteiger partial charge is 0.379 e. The molecule has 7 nitrogen and oxygen atoms in total. The quantitative estimate of drug-likeness (QED) is 0.719. The van der Waals surface area contributed by atoms with Crippen LogP contribution < -0.4 is 0 Å². The van der Waals surface area contributed by atoms with Crippen molar-refractivity contribution in [1.29, 1.82) is 0 Å². The summed E-state index contributed by atoms with van der Waals surface area (Å²) >= 11 is 0. The van der Waals surface area contributed by atoms with E-state index in [0.717, 1.165) is 23.5 Å². The Bertz CT molecular complexity index is 906. The Morgan fingerprint density at radius 1 is 1.27 bits per heavy atom. The molecule has 0 aliphatic carbocycles. The van der Waals surface area contributed by atoms with Crippen LogP contribution >= 0.6 is 0 Å². The van der Waals surface area contributed by atoms with Gasteiger partial charge in [-0.2, -0.15) is 0 Å². The van der Waals surface area contributed by atoms with Crippen molar-refractivity contribution in [2.24, 2.45) is 5.92 Å². The average Bonchev–Trinajstić information content (AvgIpc) is 2.99. The van der Waals surface area contributed by atoms with E-state index in [1.54, 1.807) is 18.6 Å². The van der Waals surface area contributed by atoms with Crippen LogP contribution in [0.4, 0.5) is 0 Å². The maximum Gasteiger partial charge on any atom is 0.255 e. The normalized spacial score (nSPS) is 18.0. The lowest BCUT2D eigenvalue weighted by molar-refractivity contribution is 0.0737. The first kappa shape index (κ1) is 16.7. The summed E-state index contributed by atoms with van der Waals surface area (Å²) in [4.78, 5) is 27.6. The van der Waals surface area contributed by atoms with Gasteiger partial charge in [0.05, 0.1) is 30.7 Å². The van der Waals surface area contributed by atoms with E-state index in [0.29, 0.717) is 31.9 Å². The average molecular weight is 351 g/mol. The molecule has 1 atom stereocenters. The molecule has 0 unspecified atom stereocenters. The molecule has 3 aromatic heterocycles. The van der Waals surface area contributed by atoms with Gasteiger partial charge in [-0.15, -0.1) is 0 Å². The summed E-state index contributed by atoms with van der Waals surface area (Å²) in [5.74, 6) is 0.208. The maximum absolute atomic E-state index is 12.8. The van der Waals surface area contributed by atoms with E-state index < -0.39 is 0 Å². The van der Waals surface area contributed by atoms with Gasteiger partial charge in [0.1, 0.15) is 0 Å². The molecule has 7 heteroatoms. The highest BCUT2D eigenvalue weighted by atomic mass is 16.5. The first-order valence-corrected chi connectivity index (χ1v) is 8.76. The molecule has 1 amide bonds. The van der Waals surface area contributed by atoms with Crippen molar-refractivity contribution >= 4 is 11.6 Å². The predicted octanol–water partition coefficient (Wildman–Crippen LogP) is 1.76. The molecule has 0 bridgehead atoms. The number of hydrogen-bond donors (Lipinski definition) is 0. The number of nitrogens with zero attached hydrogens (tertiary/aromatic N) is 5. The lowest BCUT2D eigenvalue weighted by Crippen LogP contribution is -2.36. The number of rotatable bonds is 3. The van der Waals surface area contributed by atoms with E-state index in [1.807, 2.05) is 40.8 Å². The second-order valence-electron chi connectivity index (χ2n) is 6.66. The number of carbonyl (C=O) groups excluding carboxylic acids is 1. The highest BCUT2D eigenvalue weighted by molar-refractivity contribution is 5.93. The Labute approximate surface area is 151 Å². The summed E-state index contributed by atoms with van der Waals surface area (Å²) in [6.07, 6.45) is 9.82. The zero-order chi connectivity index (χ0) is 17.9. The Balaban J connectivity index is 1.48. The summed E-state index contributed by atoms with van der Waals surface area (Å²) in [7, 11) is 0. The highest BCUT2D eigenvalue weighted by Crippen LogP contribution is 2.15. The standard InChI is InChI=1S/C19H21N5O2/c1-14-2-3-16(9-21-14)19(25)24-6-7-26-13-15(11-24)8-17-12-23-5-4-20-18(23)10-22-17/h2-5,9-10,12,15H,6-8,11,13H2,1H3/t15-/m0/s1. The van der Waals surface area contributed by atoms with Gasteiger partial charge < -0.3 is 14.0 Å². The van der Waals surface area contributed by atoms with Gasteiger partial charge in [0, 0.05) is 49.5 Å². The molecule has 3 aromatic rings. The fourth-order valence-electron chi connectivity index (χ4n) is 3.23. The maximum atomic E-state index is 12.8. The Morgan fingerprint density at radius 2 is 2.19 bits per heavy atom. The number of imidazole rings is 1. The minimum atomic E-state index is 0.00557. The van der Waals surface area contributed by atoms with Crippen LogP contribution in [0, 0.1) is 12.8 Å². The smallest absolute Gasteiger partial charge is 0.255 e. The van der Waals surface area contributed by atoms with Crippen molar-refractivity contribution in [3.05, 3.63) is 60.1 Å². The molecule has 0 radical (unpaired) electrons. The molecule has 1 fully saturated rings. The monoisotopic (exact) mass is 351 g/mol. The predicted molar refractivity (Wildman–Crippen MR) is 95.9 cm³/mol. The Kier molecular flexibility index (Phi) is 4.62. The molecule has 0 N–H and O–H groups in total. The van der Waals surface area contributed by atoms with E-state index in [4.69, 9.17) is 4.74 Å². The lowest BCUT2D eigenvalue weighted by Gasteiger charge is -2.23. The van der Waals surface area contributed by atoms with Gasteiger partial charge >= 0.3 is 0 Å². The van der Waals surface area contributed by atoms with Crippen LogP contribution in [0.3, 0.4) is 0 Å². The number of carbonyl (C=O) groups is 1. The highest BCUT2D eigenvalue weighted by Gasteiger charge is 2.24. The molecule has 4 rings (SSSR count). The molecule has 134 valence electrons. The van der Waals surface area contributed by atoms with Crippen molar-refractivity contribution in [1.82, 2.24) is 24.3 Å². The molecule has 26 heavy (non-hydrogen) atoms. The fraction of sp³-hybridized carbons (Fsp3) is 0.368. The zero-order valence-electron chi connectivity index (χ0n) is 14.7. The molecule has 1 aliphatic rings. The van der Waals surface area contributed by atoms with Crippen LogP contribution in [-0.2, 0) is 11.2 Å². The third-order valence-corrected chi connectivity index (χ3v) is 4.61. The number of fused-ring (bicyclic) bond motifs is 1. The minimum Gasteiger partial charge on any atom is -0.379 e. The van der Waals surface area contributed by atoms with E-state index in [9.17, 15) is 4.79 Å². The number of amides is 1. The van der Waals surface area contributed by atoms with Crippen LogP contribution in [0.15, 0.2) is 43.1 Å². The van der Waals surface area contributed by atoms with Crippen molar-refractivity contribution in [3.63, 3.8) is 0 Å². The van der Waals surface area contributed by atoms with Crippen molar-refractivity contribution in [2.45, 2.75) is 13.3 Å². The molecule has 0 saturated carbocycles. The summed E-state index contributed by atoms with van der Waals surface area (Å²) in [6.45, 7) is 4.33. The number of pyridine rings is 1. The van der Waals surface area contributed by atoms with E-state index >= 15 is 0 Å². The van der Waals surface area contributed by atoms with Crippen LogP contribution in [-0.4, -0.2) is 56.5 Å². The molecule has 0 spiro atoms.